The van der Waals surface area contributed by atoms with E-state index in [1.54, 1.807) is 6.20 Å². The molecule has 0 bridgehead atoms. The van der Waals surface area contributed by atoms with E-state index in [1.807, 2.05) is 60.8 Å². The van der Waals surface area contributed by atoms with Crippen LogP contribution in [0.25, 0.3) is 16.6 Å². The standard InChI is InChI=1S/C23H19Cl2N5O/c24-16-6-7-18-19(14-16)26-9-8-20(18)28-10-12-29(13-11-28)21-15-27-30(23(31)22(21)25)17-4-2-1-3-5-17/h1-9,14-15H,10-13H2. The van der Waals surface area contributed by atoms with Gasteiger partial charge in [-0.1, -0.05) is 41.4 Å². The molecule has 4 aromatic rings. The zero-order valence-corrected chi connectivity index (χ0v) is 18.1. The lowest BCUT2D eigenvalue weighted by Gasteiger charge is -2.37. The summed E-state index contributed by atoms with van der Waals surface area (Å²) in [6, 6.07) is 17.1. The summed E-state index contributed by atoms with van der Waals surface area (Å²) in [4.78, 5) is 21.7. The molecule has 31 heavy (non-hydrogen) atoms. The normalized spacial score (nSPS) is 14.3. The Balaban J connectivity index is 1.38. The molecule has 2 aromatic heterocycles. The van der Waals surface area contributed by atoms with Gasteiger partial charge >= 0.3 is 0 Å². The Bertz CT molecular complexity index is 1300. The highest BCUT2D eigenvalue weighted by atomic mass is 35.5. The Labute approximate surface area is 189 Å². The molecule has 0 radical (unpaired) electrons. The van der Waals surface area contributed by atoms with Gasteiger partial charge in [-0.15, -0.1) is 0 Å². The maximum Gasteiger partial charge on any atom is 0.292 e. The van der Waals surface area contributed by atoms with Crippen molar-refractivity contribution >= 4 is 45.5 Å². The largest absolute Gasteiger partial charge is 0.367 e. The summed E-state index contributed by atoms with van der Waals surface area (Å²) in [5, 5.41) is 6.30. The quantitative estimate of drug-likeness (QED) is 0.461. The van der Waals surface area contributed by atoms with Crippen LogP contribution in [0.5, 0.6) is 0 Å². The number of benzene rings is 2. The minimum atomic E-state index is -0.315. The molecule has 0 atom stereocenters. The summed E-state index contributed by atoms with van der Waals surface area (Å²) in [6.07, 6.45) is 3.49. The molecular formula is C23H19Cl2N5O. The van der Waals surface area contributed by atoms with Crippen molar-refractivity contribution in [2.24, 2.45) is 0 Å². The predicted octanol–water partition coefficient (Wildman–Crippen LogP) is 4.41. The zero-order chi connectivity index (χ0) is 21.4. The van der Waals surface area contributed by atoms with Crippen LogP contribution in [-0.4, -0.2) is 40.9 Å². The van der Waals surface area contributed by atoms with E-state index in [2.05, 4.69) is 19.9 Å². The number of hydrogen-bond acceptors (Lipinski definition) is 5. The van der Waals surface area contributed by atoms with Crippen molar-refractivity contribution in [3.63, 3.8) is 0 Å². The zero-order valence-electron chi connectivity index (χ0n) is 16.6. The summed E-state index contributed by atoms with van der Waals surface area (Å²) in [7, 11) is 0. The van der Waals surface area contributed by atoms with Crippen LogP contribution < -0.4 is 15.4 Å². The molecule has 0 N–H and O–H groups in total. The molecule has 0 unspecified atom stereocenters. The number of anilines is 2. The third-order valence-corrected chi connectivity index (χ3v) is 6.13. The lowest BCUT2D eigenvalue weighted by Crippen LogP contribution is -2.47. The van der Waals surface area contributed by atoms with E-state index in [4.69, 9.17) is 23.2 Å². The van der Waals surface area contributed by atoms with Gasteiger partial charge in [0.05, 0.1) is 23.1 Å². The molecule has 156 valence electrons. The SMILES string of the molecule is O=c1c(Cl)c(N2CCN(c3ccnc4cc(Cl)ccc34)CC2)cnn1-c1ccccc1. The average Bonchev–Trinajstić information content (AvgIpc) is 2.81. The lowest BCUT2D eigenvalue weighted by molar-refractivity contribution is 0.650. The van der Waals surface area contributed by atoms with Gasteiger partial charge in [0.1, 0.15) is 5.02 Å². The third kappa shape index (κ3) is 3.73. The first kappa shape index (κ1) is 19.8. The van der Waals surface area contributed by atoms with Gasteiger partial charge in [-0.25, -0.2) is 0 Å². The topological polar surface area (TPSA) is 54.3 Å². The minimum Gasteiger partial charge on any atom is -0.367 e. The van der Waals surface area contributed by atoms with Crippen LogP contribution in [0.15, 0.2) is 71.8 Å². The maximum atomic E-state index is 12.8. The molecule has 1 saturated heterocycles. The van der Waals surface area contributed by atoms with Crippen LogP contribution in [0.3, 0.4) is 0 Å². The Morgan fingerprint density at radius 2 is 1.55 bits per heavy atom. The molecule has 0 saturated carbocycles. The number of pyridine rings is 1. The second kappa shape index (κ2) is 8.21. The van der Waals surface area contributed by atoms with Crippen LogP contribution in [0.4, 0.5) is 11.4 Å². The fourth-order valence-corrected chi connectivity index (χ4v) is 4.38. The molecule has 1 aliphatic rings. The van der Waals surface area contributed by atoms with Gasteiger partial charge < -0.3 is 9.80 Å². The van der Waals surface area contributed by atoms with Crippen molar-refractivity contribution in [3.05, 3.63) is 87.4 Å². The van der Waals surface area contributed by atoms with Crippen LogP contribution in [0.1, 0.15) is 0 Å². The summed E-state index contributed by atoms with van der Waals surface area (Å²) < 4.78 is 1.33. The molecule has 0 amide bonds. The van der Waals surface area contributed by atoms with Crippen molar-refractivity contribution in [1.29, 1.82) is 0 Å². The number of hydrogen-bond donors (Lipinski definition) is 0. The Hall–Kier alpha value is -3.09. The van der Waals surface area contributed by atoms with Crippen LogP contribution in [0.2, 0.25) is 10.0 Å². The lowest BCUT2D eigenvalue weighted by atomic mass is 10.1. The van der Waals surface area contributed by atoms with Crippen LogP contribution >= 0.6 is 23.2 Å². The van der Waals surface area contributed by atoms with Crippen molar-refractivity contribution in [1.82, 2.24) is 14.8 Å². The second-order valence-corrected chi connectivity index (χ2v) is 8.18. The molecule has 6 nitrogen and oxygen atoms in total. The summed E-state index contributed by atoms with van der Waals surface area (Å²) >= 11 is 12.6. The Kier molecular flexibility index (Phi) is 5.26. The molecule has 2 aromatic carbocycles. The fraction of sp³-hybridized carbons (Fsp3) is 0.174. The summed E-state index contributed by atoms with van der Waals surface area (Å²) in [6.45, 7) is 3.04. The first-order valence-electron chi connectivity index (χ1n) is 9.99. The minimum absolute atomic E-state index is 0.191. The number of halogens is 2. The molecule has 0 aliphatic carbocycles. The van der Waals surface area contributed by atoms with E-state index >= 15 is 0 Å². The van der Waals surface area contributed by atoms with E-state index in [1.165, 1.54) is 4.68 Å². The monoisotopic (exact) mass is 451 g/mol. The number of rotatable bonds is 3. The predicted molar refractivity (Wildman–Crippen MR) is 126 cm³/mol. The van der Waals surface area contributed by atoms with E-state index in [9.17, 15) is 4.79 Å². The highest BCUT2D eigenvalue weighted by molar-refractivity contribution is 6.33. The van der Waals surface area contributed by atoms with Crippen molar-refractivity contribution in [2.75, 3.05) is 36.0 Å². The highest BCUT2D eigenvalue weighted by Crippen LogP contribution is 2.30. The first-order chi connectivity index (χ1) is 15.1. The third-order valence-electron chi connectivity index (χ3n) is 5.54. The van der Waals surface area contributed by atoms with E-state index < -0.39 is 0 Å². The van der Waals surface area contributed by atoms with Gasteiger partial charge in [-0.3, -0.25) is 9.78 Å². The Morgan fingerprint density at radius 3 is 2.29 bits per heavy atom. The summed E-state index contributed by atoms with van der Waals surface area (Å²) in [5.74, 6) is 0. The highest BCUT2D eigenvalue weighted by Gasteiger charge is 2.22. The van der Waals surface area contributed by atoms with Gasteiger partial charge in [-0.05, 0) is 36.4 Å². The number of aromatic nitrogens is 3. The Morgan fingerprint density at radius 1 is 0.839 bits per heavy atom. The van der Waals surface area contributed by atoms with E-state index in [0.29, 0.717) is 16.4 Å². The summed E-state index contributed by atoms with van der Waals surface area (Å²) in [5.41, 5.74) is 3.05. The van der Waals surface area contributed by atoms with Crippen molar-refractivity contribution in [2.45, 2.75) is 0 Å². The van der Waals surface area contributed by atoms with Crippen molar-refractivity contribution in [3.8, 4) is 5.69 Å². The van der Waals surface area contributed by atoms with Crippen LogP contribution in [0, 0.1) is 0 Å². The number of nitrogens with zero attached hydrogens (tertiary/aromatic N) is 5. The number of piperazine rings is 1. The molecule has 1 fully saturated rings. The number of para-hydroxylation sites is 1. The van der Waals surface area contributed by atoms with E-state index in [-0.39, 0.29) is 10.6 Å². The first-order valence-corrected chi connectivity index (χ1v) is 10.7. The molecule has 0 spiro atoms. The molecular weight excluding hydrogens is 433 g/mol. The van der Waals surface area contributed by atoms with Gasteiger partial charge in [0.2, 0.25) is 0 Å². The molecule has 1 aliphatic heterocycles. The molecule has 5 rings (SSSR count). The van der Waals surface area contributed by atoms with Crippen molar-refractivity contribution < 1.29 is 0 Å². The second-order valence-electron chi connectivity index (χ2n) is 7.36. The fourth-order valence-electron chi connectivity index (χ4n) is 3.97. The van der Waals surface area contributed by atoms with Gasteiger partial charge in [-0.2, -0.15) is 9.78 Å². The maximum absolute atomic E-state index is 12.8. The van der Waals surface area contributed by atoms with Crippen LogP contribution in [-0.2, 0) is 0 Å². The molecule has 8 heteroatoms. The number of fused-ring (bicyclic) bond motifs is 1. The smallest absolute Gasteiger partial charge is 0.292 e. The van der Waals surface area contributed by atoms with Gasteiger partial charge in [0.25, 0.3) is 5.56 Å². The van der Waals surface area contributed by atoms with Gasteiger partial charge in [0, 0.05) is 48.5 Å². The average molecular weight is 452 g/mol. The molecule has 3 heterocycles. The van der Waals surface area contributed by atoms with E-state index in [0.717, 1.165) is 42.8 Å². The van der Waals surface area contributed by atoms with Gasteiger partial charge in [0.15, 0.2) is 0 Å².